The molecule has 84 valence electrons. The van der Waals surface area contributed by atoms with Crippen molar-refractivity contribution < 1.29 is 4.42 Å². The van der Waals surface area contributed by atoms with Crippen LogP contribution in [0.4, 0.5) is 0 Å². The van der Waals surface area contributed by atoms with Gasteiger partial charge in [-0.1, -0.05) is 34.1 Å². The smallest absolute Gasteiger partial charge is 0.120 e. The van der Waals surface area contributed by atoms with E-state index < -0.39 is 0 Å². The number of nitrogens with one attached hydrogen (secondary N) is 1. The van der Waals surface area contributed by atoms with Gasteiger partial charge in [0.1, 0.15) is 5.76 Å². The normalized spacial score (nSPS) is 10.6. The van der Waals surface area contributed by atoms with Crippen molar-refractivity contribution in [1.29, 1.82) is 0 Å². The van der Waals surface area contributed by atoms with Crippen LogP contribution in [0.5, 0.6) is 0 Å². The highest BCUT2D eigenvalue weighted by molar-refractivity contribution is 9.10. The van der Waals surface area contributed by atoms with Crippen LogP contribution < -0.4 is 5.32 Å². The van der Waals surface area contributed by atoms with E-state index in [1.165, 1.54) is 11.1 Å². The van der Waals surface area contributed by atoms with Crippen LogP contribution >= 0.6 is 15.9 Å². The molecular weight excluding hydrogens is 266 g/mol. The number of halogens is 1. The molecule has 0 bridgehead atoms. The second-order valence-electron chi connectivity index (χ2n) is 3.72. The van der Waals surface area contributed by atoms with Gasteiger partial charge in [-0.2, -0.15) is 0 Å². The summed E-state index contributed by atoms with van der Waals surface area (Å²) in [7, 11) is 0. The van der Waals surface area contributed by atoms with Crippen molar-refractivity contribution in [3.05, 3.63) is 58.0 Å². The molecule has 16 heavy (non-hydrogen) atoms. The second kappa shape index (κ2) is 5.32. The Hall–Kier alpha value is -1.06. The summed E-state index contributed by atoms with van der Waals surface area (Å²) in [5, 5.41) is 3.36. The lowest BCUT2D eigenvalue weighted by Crippen LogP contribution is -2.13. The van der Waals surface area contributed by atoms with Crippen LogP contribution in [0.25, 0.3) is 0 Å². The number of benzene rings is 1. The quantitative estimate of drug-likeness (QED) is 0.925. The van der Waals surface area contributed by atoms with E-state index in [4.69, 9.17) is 4.42 Å². The molecule has 0 atom stereocenters. The van der Waals surface area contributed by atoms with Crippen LogP contribution in [-0.4, -0.2) is 0 Å². The van der Waals surface area contributed by atoms with Crippen molar-refractivity contribution >= 4 is 15.9 Å². The van der Waals surface area contributed by atoms with Gasteiger partial charge in [-0.05, 0) is 30.2 Å². The molecule has 0 saturated carbocycles. The maximum atomic E-state index is 5.36. The molecule has 1 aromatic heterocycles. The van der Waals surface area contributed by atoms with Crippen LogP contribution in [-0.2, 0) is 13.1 Å². The fourth-order valence-electron chi connectivity index (χ4n) is 1.54. The first-order valence-electron chi connectivity index (χ1n) is 5.24. The maximum absolute atomic E-state index is 5.36. The summed E-state index contributed by atoms with van der Waals surface area (Å²) in [6, 6.07) is 10.2. The van der Waals surface area contributed by atoms with Crippen LogP contribution in [0.1, 0.15) is 16.9 Å². The van der Waals surface area contributed by atoms with Crippen LogP contribution in [0.2, 0.25) is 0 Å². The molecule has 1 heterocycles. The van der Waals surface area contributed by atoms with E-state index in [1.807, 2.05) is 18.2 Å². The van der Waals surface area contributed by atoms with Crippen molar-refractivity contribution in [2.45, 2.75) is 20.0 Å². The van der Waals surface area contributed by atoms with Gasteiger partial charge < -0.3 is 9.73 Å². The summed E-state index contributed by atoms with van der Waals surface area (Å²) in [5.41, 5.74) is 2.45. The molecule has 1 aromatic carbocycles. The van der Waals surface area contributed by atoms with Crippen molar-refractivity contribution in [3.8, 4) is 0 Å². The average Bonchev–Trinajstić information content (AvgIpc) is 2.67. The van der Waals surface area contributed by atoms with Crippen LogP contribution in [0, 0.1) is 6.92 Å². The van der Waals surface area contributed by atoms with Gasteiger partial charge in [-0.15, -0.1) is 0 Å². The number of aryl methyl sites for hydroxylation is 1. The van der Waals surface area contributed by atoms with Gasteiger partial charge in [-0.25, -0.2) is 0 Å². The van der Waals surface area contributed by atoms with E-state index >= 15 is 0 Å². The molecule has 0 unspecified atom stereocenters. The highest BCUT2D eigenvalue weighted by atomic mass is 79.9. The third-order valence-corrected chi connectivity index (χ3v) is 3.30. The Balaban J connectivity index is 1.89. The van der Waals surface area contributed by atoms with E-state index in [0.29, 0.717) is 0 Å². The van der Waals surface area contributed by atoms with E-state index in [0.717, 1.165) is 23.3 Å². The molecule has 1 N–H and O–H groups in total. The van der Waals surface area contributed by atoms with Crippen molar-refractivity contribution in [2.24, 2.45) is 0 Å². The maximum Gasteiger partial charge on any atom is 0.120 e. The minimum Gasteiger partial charge on any atom is -0.468 e. The third-order valence-electron chi connectivity index (χ3n) is 2.53. The van der Waals surface area contributed by atoms with E-state index in [-0.39, 0.29) is 0 Å². The zero-order valence-corrected chi connectivity index (χ0v) is 10.8. The summed E-state index contributed by atoms with van der Waals surface area (Å²) in [4.78, 5) is 0. The predicted molar refractivity (Wildman–Crippen MR) is 68.1 cm³/mol. The molecule has 3 heteroatoms. The Kier molecular flexibility index (Phi) is 3.80. The van der Waals surface area contributed by atoms with Gasteiger partial charge in [0.05, 0.1) is 12.8 Å². The molecule has 2 rings (SSSR count). The lowest BCUT2D eigenvalue weighted by Gasteiger charge is -2.05. The summed E-state index contributed by atoms with van der Waals surface area (Å²) in [6.45, 7) is 3.65. The van der Waals surface area contributed by atoms with Crippen molar-refractivity contribution in [2.75, 3.05) is 0 Å². The largest absolute Gasteiger partial charge is 0.468 e. The molecule has 2 aromatic rings. The minimum absolute atomic E-state index is 0.764. The molecule has 0 aliphatic carbocycles. The number of rotatable bonds is 4. The molecular formula is C13H14BrNO. The SMILES string of the molecule is Cc1ccoc1CNCc1ccccc1Br. The Labute approximate surface area is 104 Å². The topological polar surface area (TPSA) is 25.2 Å². The Bertz CT molecular complexity index is 464. The zero-order valence-electron chi connectivity index (χ0n) is 9.16. The van der Waals surface area contributed by atoms with E-state index in [2.05, 4.69) is 40.3 Å². The molecule has 0 amide bonds. The Morgan fingerprint density at radius 3 is 2.69 bits per heavy atom. The molecule has 2 nitrogen and oxygen atoms in total. The lowest BCUT2D eigenvalue weighted by atomic mass is 10.2. The monoisotopic (exact) mass is 279 g/mol. The number of furan rings is 1. The van der Waals surface area contributed by atoms with Crippen LogP contribution in [0.3, 0.4) is 0 Å². The highest BCUT2D eigenvalue weighted by Gasteiger charge is 2.02. The average molecular weight is 280 g/mol. The number of hydrogen-bond donors (Lipinski definition) is 1. The van der Waals surface area contributed by atoms with Gasteiger partial charge >= 0.3 is 0 Å². The fourth-order valence-corrected chi connectivity index (χ4v) is 1.96. The van der Waals surface area contributed by atoms with E-state index in [1.54, 1.807) is 6.26 Å². The summed E-state index contributed by atoms with van der Waals surface area (Å²) >= 11 is 3.53. The van der Waals surface area contributed by atoms with Crippen molar-refractivity contribution in [1.82, 2.24) is 5.32 Å². The molecule has 0 spiro atoms. The molecule has 0 saturated heterocycles. The summed E-state index contributed by atoms with van der Waals surface area (Å²) in [5.74, 6) is 1.01. The first-order valence-corrected chi connectivity index (χ1v) is 6.04. The van der Waals surface area contributed by atoms with Crippen LogP contribution in [0.15, 0.2) is 45.5 Å². The first kappa shape index (κ1) is 11.4. The Morgan fingerprint density at radius 2 is 2.00 bits per heavy atom. The fraction of sp³-hybridized carbons (Fsp3) is 0.231. The second-order valence-corrected chi connectivity index (χ2v) is 4.58. The molecule has 0 radical (unpaired) electrons. The highest BCUT2D eigenvalue weighted by Crippen LogP contribution is 2.15. The van der Waals surface area contributed by atoms with Gasteiger partial charge in [0.2, 0.25) is 0 Å². The Morgan fingerprint density at radius 1 is 1.19 bits per heavy atom. The van der Waals surface area contributed by atoms with E-state index in [9.17, 15) is 0 Å². The van der Waals surface area contributed by atoms with Gasteiger partial charge in [0.15, 0.2) is 0 Å². The van der Waals surface area contributed by atoms with Gasteiger partial charge in [-0.3, -0.25) is 0 Å². The molecule has 0 aliphatic heterocycles. The molecule has 0 aliphatic rings. The third kappa shape index (κ3) is 2.74. The van der Waals surface area contributed by atoms with Gasteiger partial charge in [0, 0.05) is 11.0 Å². The minimum atomic E-state index is 0.764. The standard InChI is InChI=1S/C13H14BrNO/c1-10-6-7-16-13(10)9-15-8-11-4-2-3-5-12(11)14/h2-7,15H,8-9H2,1H3. The summed E-state index contributed by atoms with van der Waals surface area (Å²) < 4.78 is 6.50. The van der Waals surface area contributed by atoms with Gasteiger partial charge in [0.25, 0.3) is 0 Å². The molecule has 0 fully saturated rings. The lowest BCUT2D eigenvalue weighted by molar-refractivity contribution is 0.480. The first-order chi connectivity index (χ1) is 7.77. The zero-order chi connectivity index (χ0) is 11.4. The number of hydrogen-bond acceptors (Lipinski definition) is 2. The summed E-state index contributed by atoms with van der Waals surface area (Å²) in [6.07, 6.45) is 1.73. The predicted octanol–water partition coefficient (Wildman–Crippen LogP) is 3.64. The van der Waals surface area contributed by atoms with Crippen molar-refractivity contribution in [3.63, 3.8) is 0 Å².